The topological polar surface area (TPSA) is 93.9 Å². The number of carbonyl (C=O) groups is 2. The van der Waals surface area contributed by atoms with Gasteiger partial charge in [-0.25, -0.2) is 4.79 Å². The zero-order valence-electron chi connectivity index (χ0n) is 22.1. The third-order valence-corrected chi connectivity index (χ3v) is 7.94. The van der Waals surface area contributed by atoms with Crippen molar-refractivity contribution in [2.75, 3.05) is 37.4 Å². The van der Waals surface area contributed by atoms with Crippen LogP contribution in [0.2, 0.25) is 10.0 Å². The van der Waals surface area contributed by atoms with Crippen LogP contribution in [0.15, 0.2) is 59.1 Å². The highest BCUT2D eigenvalue weighted by Gasteiger charge is 2.18. The number of benzene rings is 3. The fourth-order valence-electron chi connectivity index (χ4n) is 4.50. The molecule has 1 heterocycles. The van der Waals surface area contributed by atoms with Crippen molar-refractivity contribution in [2.45, 2.75) is 38.6 Å². The van der Waals surface area contributed by atoms with Gasteiger partial charge in [-0.05, 0) is 96.2 Å². The summed E-state index contributed by atoms with van der Waals surface area (Å²) in [5.74, 6) is -0.753. The summed E-state index contributed by atoms with van der Waals surface area (Å²) in [5.41, 5.74) is 10.3. The molecule has 3 N–H and O–H groups in total. The van der Waals surface area contributed by atoms with Crippen LogP contribution in [0.4, 0.5) is 17.1 Å². The van der Waals surface area contributed by atoms with Gasteiger partial charge in [0.05, 0.1) is 46.6 Å². The third-order valence-electron chi connectivity index (χ3n) is 6.65. The molecule has 0 bridgehead atoms. The summed E-state index contributed by atoms with van der Waals surface area (Å²) >= 11 is 16.0. The van der Waals surface area contributed by atoms with Gasteiger partial charge in [-0.3, -0.25) is 9.69 Å². The molecule has 0 aromatic heterocycles. The lowest BCUT2D eigenvalue weighted by molar-refractivity contribution is -0.143. The first-order valence-corrected chi connectivity index (χ1v) is 14.8. The Morgan fingerprint density at radius 3 is 2.33 bits per heavy atom. The summed E-state index contributed by atoms with van der Waals surface area (Å²) < 4.78 is 11.6. The molecule has 1 fully saturated rings. The van der Waals surface area contributed by atoms with E-state index in [1.807, 2.05) is 30.3 Å². The minimum absolute atomic E-state index is 0.0893. The standard InChI is InChI=1S/C30H32BrCl2N3O4/c31-23-17-21(16-22(28(23)34)19-36-12-3-4-13-36)30(38)40-15-6-5-14-39-27(37)18-20-8-1-2-11-26(20)35-29-24(32)9-7-10-25(29)33/h1-2,7-11,16-17,35H,3-6,12-15,18-19,34H2. The lowest BCUT2D eigenvalue weighted by Gasteiger charge is -2.17. The lowest BCUT2D eigenvalue weighted by Crippen LogP contribution is -2.20. The van der Waals surface area contributed by atoms with Gasteiger partial charge in [-0.1, -0.05) is 47.5 Å². The molecule has 0 unspecified atom stereocenters. The summed E-state index contributed by atoms with van der Waals surface area (Å²) in [6.45, 7) is 3.25. The Hall–Kier alpha value is -2.78. The van der Waals surface area contributed by atoms with E-state index >= 15 is 0 Å². The molecule has 1 aliphatic rings. The lowest BCUT2D eigenvalue weighted by atomic mass is 10.1. The highest BCUT2D eigenvalue weighted by Crippen LogP contribution is 2.34. The van der Waals surface area contributed by atoms with E-state index in [4.69, 9.17) is 38.4 Å². The molecular formula is C30H32BrCl2N3O4. The molecule has 1 aliphatic heterocycles. The van der Waals surface area contributed by atoms with Crippen LogP contribution in [-0.4, -0.2) is 43.1 Å². The molecule has 3 aromatic carbocycles. The second-order valence-corrected chi connectivity index (χ2v) is 11.3. The monoisotopic (exact) mass is 647 g/mol. The molecule has 0 spiro atoms. The molecule has 0 atom stereocenters. The number of halogens is 3. The van der Waals surface area contributed by atoms with Crippen molar-refractivity contribution in [1.29, 1.82) is 0 Å². The molecule has 0 radical (unpaired) electrons. The molecule has 4 rings (SSSR count). The van der Waals surface area contributed by atoms with E-state index in [0.29, 0.717) is 50.8 Å². The number of hydrogen-bond donors (Lipinski definition) is 2. The number of para-hydroxylation sites is 2. The number of esters is 2. The van der Waals surface area contributed by atoms with Crippen LogP contribution in [0.25, 0.3) is 0 Å². The van der Waals surface area contributed by atoms with Crippen molar-refractivity contribution in [3.05, 3.63) is 85.8 Å². The van der Waals surface area contributed by atoms with Crippen molar-refractivity contribution >= 4 is 68.1 Å². The summed E-state index contributed by atoms with van der Waals surface area (Å²) in [4.78, 5) is 27.5. The first-order valence-electron chi connectivity index (χ1n) is 13.2. The van der Waals surface area contributed by atoms with Crippen molar-refractivity contribution in [3.8, 4) is 0 Å². The quantitative estimate of drug-likeness (QED) is 0.120. The van der Waals surface area contributed by atoms with Crippen molar-refractivity contribution in [1.82, 2.24) is 4.90 Å². The van der Waals surface area contributed by atoms with E-state index in [1.165, 1.54) is 12.8 Å². The maximum atomic E-state index is 12.6. The van der Waals surface area contributed by atoms with Gasteiger partial charge < -0.3 is 20.5 Å². The summed E-state index contributed by atoms with van der Waals surface area (Å²) in [5, 5.41) is 4.18. The number of nitrogen functional groups attached to an aromatic ring is 1. The third kappa shape index (κ3) is 8.36. The zero-order valence-corrected chi connectivity index (χ0v) is 25.2. The van der Waals surface area contributed by atoms with Crippen LogP contribution < -0.4 is 11.1 Å². The number of unbranched alkanes of at least 4 members (excludes halogenated alkanes) is 1. The number of likely N-dealkylation sites (tertiary alicyclic amines) is 1. The molecule has 0 aliphatic carbocycles. The number of nitrogens with two attached hydrogens (primary N) is 1. The number of nitrogens with zero attached hydrogens (tertiary/aromatic N) is 1. The summed E-state index contributed by atoms with van der Waals surface area (Å²) in [6.07, 6.45) is 3.59. The number of rotatable bonds is 12. The van der Waals surface area contributed by atoms with Gasteiger partial charge in [0.25, 0.3) is 0 Å². The number of carbonyl (C=O) groups excluding carboxylic acids is 2. The Labute approximate surface area is 253 Å². The Bertz CT molecular complexity index is 1330. The molecule has 40 heavy (non-hydrogen) atoms. The van der Waals surface area contributed by atoms with Crippen LogP contribution in [0.1, 0.15) is 47.2 Å². The molecular weight excluding hydrogens is 617 g/mol. The van der Waals surface area contributed by atoms with Crippen LogP contribution in [0, 0.1) is 0 Å². The second-order valence-electron chi connectivity index (χ2n) is 9.63. The maximum absolute atomic E-state index is 12.6. The van der Waals surface area contributed by atoms with Gasteiger partial charge in [-0.15, -0.1) is 0 Å². The Kier molecular flexibility index (Phi) is 11.1. The van der Waals surface area contributed by atoms with Crippen molar-refractivity contribution in [3.63, 3.8) is 0 Å². The van der Waals surface area contributed by atoms with Crippen LogP contribution in [0.3, 0.4) is 0 Å². The normalized spacial score (nSPS) is 13.3. The molecule has 0 amide bonds. The Morgan fingerprint density at radius 2 is 1.60 bits per heavy atom. The smallest absolute Gasteiger partial charge is 0.338 e. The molecule has 3 aromatic rings. The Balaban J connectivity index is 1.20. The maximum Gasteiger partial charge on any atom is 0.338 e. The van der Waals surface area contributed by atoms with Crippen molar-refractivity contribution in [2.24, 2.45) is 0 Å². The fraction of sp³-hybridized carbons (Fsp3) is 0.333. The van der Waals surface area contributed by atoms with E-state index in [2.05, 4.69) is 26.1 Å². The molecule has 10 heteroatoms. The zero-order chi connectivity index (χ0) is 28.5. The van der Waals surface area contributed by atoms with Gasteiger partial charge in [0.15, 0.2) is 0 Å². The molecule has 1 saturated heterocycles. The largest absolute Gasteiger partial charge is 0.465 e. The second kappa shape index (κ2) is 14.7. The van der Waals surface area contributed by atoms with E-state index in [1.54, 1.807) is 24.3 Å². The van der Waals surface area contributed by atoms with Gasteiger partial charge in [0.2, 0.25) is 0 Å². The van der Waals surface area contributed by atoms with Crippen molar-refractivity contribution < 1.29 is 19.1 Å². The van der Waals surface area contributed by atoms with Gasteiger partial charge in [-0.2, -0.15) is 0 Å². The first-order chi connectivity index (χ1) is 19.3. The van der Waals surface area contributed by atoms with Crippen LogP contribution >= 0.6 is 39.1 Å². The Morgan fingerprint density at radius 1 is 0.925 bits per heavy atom. The number of anilines is 3. The van der Waals surface area contributed by atoms with E-state index in [-0.39, 0.29) is 25.6 Å². The molecule has 7 nitrogen and oxygen atoms in total. The highest BCUT2D eigenvalue weighted by atomic mass is 79.9. The average molecular weight is 649 g/mol. The predicted octanol–water partition coefficient (Wildman–Crippen LogP) is 7.40. The predicted molar refractivity (Wildman–Crippen MR) is 163 cm³/mol. The highest BCUT2D eigenvalue weighted by molar-refractivity contribution is 9.10. The first kappa shape index (κ1) is 30.2. The molecule has 0 saturated carbocycles. The summed E-state index contributed by atoms with van der Waals surface area (Å²) in [7, 11) is 0. The van der Waals surface area contributed by atoms with Gasteiger partial charge >= 0.3 is 11.9 Å². The SMILES string of the molecule is Nc1c(Br)cc(C(=O)OCCCCOC(=O)Cc2ccccc2Nc2c(Cl)cccc2Cl)cc1CN1CCCC1. The van der Waals surface area contributed by atoms with Gasteiger partial charge in [0.1, 0.15) is 0 Å². The van der Waals surface area contributed by atoms with E-state index < -0.39 is 5.97 Å². The fourth-order valence-corrected chi connectivity index (χ4v) is 5.49. The van der Waals surface area contributed by atoms with Crippen LogP contribution in [-0.2, 0) is 27.2 Å². The van der Waals surface area contributed by atoms with E-state index in [9.17, 15) is 9.59 Å². The van der Waals surface area contributed by atoms with E-state index in [0.717, 1.165) is 29.9 Å². The minimum atomic E-state index is -0.400. The van der Waals surface area contributed by atoms with Gasteiger partial charge in [0, 0.05) is 16.7 Å². The molecule has 212 valence electrons. The number of nitrogens with one attached hydrogen (secondary N) is 1. The number of hydrogen-bond acceptors (Lipinski definition) is 7. The average Bonchev–Trinajstić information content (AvgIpc) is 3.44. The minimum Gasteiger partial charge on any atom is -0.465 e. The number of ether oxygens (including phenoxy) is 2. The van der Waals surface area contributed by atoms with Crippen LogP contribution in [0.5, 0.6) is 0 Å². The summed E-state index contributed by atoms with van der Waals surface area (Å²) in [6, 6.07) is 16.2.